The third kappa shape index (κ3) is 3.16. The lowest BCUT2D eigenvalue weighted by Crippen LogP contribution is -1.99. The molecule has 0 aliphatic carbocycles. The fourth-order valence-corrected chi connectivity index (χ4v) is 3.32. The number of hydrogen-bond acceptors (Lipinski definition) is 5. The Bertz CT molecular complexity index is 1060. The molecule has 0 aromatic heterocycles. The van der Waals surface area contributed by atoms with Crippen molar-refractivity contribution in [3.05, 3.63) is 59.1 Å². The summed E-state index contributed by atoms with van der Waals surface area (Å²) in [5.41, 5.74) is 0.454. The van der Waals surface area contributed by atoms with Gasteiger partial charge < -0.3 is 5.11 Å². The maximum atomic E-state index is 11.6. The molecule has 0 aliphatic rings. The average molecular weight is 407 g/mol. The molecule has 0 saturated heterocycles. The standard InChI is InChI=1S/C16H11BrN2O4S/c17-12-7-3-4-8-13(12)18-19-14-9-15(24(21,22)23)10-5-1-2-6-11(10)16(14)20/h1-9,20H,(H,21,22,23). The fourth-order valence-electron chi connectivity index (χ4n) is 2.24. The number of nitrogens with zero attached hydrogens (tertiary/aromatic N) is 2. The van der Waals surface area contributed by atoms with Gasteiger partial charge in [0, 0.05) is 15.2 Å². The predicted molar refractivity (Wildman–Crippen MR) is 93.7 cm³/mol. The molecule has 0 unspecified atom stereocenters. The molecule has 0 saturated carbocycles. The van der Waals surface area contributed by atoms with Crippen molar-refractivity contribution in [3.8, 4) is 5.75 Å². The number of halogens is 1. The van der Waals surface area contributed by atoms with Crippen LogP contribution in [0.5, 0.6) is 5.75 Å². The molecule has 24 heavy (non-hydrogen) atoms. The van der Waals surface area contributed by atoms with Crippen LogP contribution in [-0.4, -0.2) is 18.1 Å². The number of benzene rings is 3. The Hall–Kier alpha value is -2.29. The summed E-state index contributed by atoms with van der Waals surface area (Å²) in [7, 11) is -4.48. The second-order valence-electron chi connectivity index (χ2n) is 4.91. The van der Waals surface area contributed by atoms with Crippen molar-refractivity contribution < 1.29 is 18.1 Å². The SMILES string of the molecule is O=S(=O)(O)c1cc(N=Nc2ccccc2Br)c(O)c2ccccc12. The van der Waals surface area contributed by atoms with Gasteiger partial charge in [0.15, 0.2) is 5.75 Å². The topological polar surface area (TPSA) is 99.3 Å². The quantitative estimate of drug-likeness (QED) is 0.473. The summed E-state index contributed by atoms with van der Waals surface area (Å²) >= 11 is 3.32. The van der Waals surface area contributed by atoms with Gasteiger partial charge in [-0.05, 0) is 34.1 Å². The molecule has 122 valence electrons. The van der Waals surface area contributed by atoms with Gasteiger partial charge in [0.1, 0.15) is 10.6 Å². The van der Waals surface area contributed by atoms with Crippen LogP contribution >= 0.6 is 15.9 Å². The molecule has 3 aromatic rings. The number of rotatable bonds is 3. The molecule has 3 aromatic carbocycles. The van der Waals surface area contributed by atoms with Crippen LogP contribution in [0.4, 0.5) is 11.4 Å². The van der Waals surface area contributed by atoms with Crippen molar-refractivity contribution in [1.29, 1.82) is 0 Å². The van der Waals surface area contributed by atoms with E-state index in [4.69, 9.17) is 0 Å². The number of fused-ring (bicyclic) bond motifs is 1. The highest BCUT2D eigenvalue weighted by Gasteiger charge is 2.19. The van der Waals surface area contributed by atoms with E-state index in [1.54, 1.807) is 30.3 Å². The van der Waals surface area contributed by atoms with Crippen LogP contribution in [0.25, 0.3) is 10.8 Å². The second kappa shape index (κ2) is 6.31. The minimum absolute atomic E-state index is 0.0583. The van der Waals surface area contributed by atoms with E-state index in [9.17, 15) is 18.1 Å². The molecular formula is C16H11BrN2O4S. The lowest BCUT2D eigenvalue weighted by molar-refractivity contribution is 0.480. The third-order valence-electron chi connectivity index (χ3n) is 3.35. The number of phenols is 1. The Morgan fingerprint density at radius 2 is 1.46 bits per heavy atom. The molecule has 3 rings (SSSR count). The Morgan fingerprint density at radius 3 is 2.12 bits per heavy atom. The van der Waals surface area contributed by atoms with Crippen molar-refractivity contribution in [2.45, 2.75) is 4.90 Å². The van der Waals surface area contributed by atoms with Crippen LogP contribution < -0.4 is 0 Å². The minimum Gasteiger partial charge on any atom is -0.505 e. The molecule has 0 fully saturated rings. The summed E-state index contributed by atoms with van der Waals surface area (Å²) in [6.45, 7) is 0. The lowest BCUT2D eigenvalue weighted by Gasteiger charge is -2.08. The molecule has 0 heterocycles. The van der Waals surface area contributed by atoms with Gasteiger partial charge in [-0.15, -0.1) is 10.2 Å². The Morgan fingerprint density at radius 1 is 0.875 bits per heavy atom. The Kier molecular flexibility index (Phi) is 4.35. The van der Waals surface area contributed by atoms with Gasteiger partial charge in [0.25, 0.3) is 10.1 Å². The van der Waals surface area contributed by atoms with Crippen LogP contribution in [0.15, 0.2) is 74.2 Å². The van der Waals surface area contributed by atoms with E-state index in [2.05, 4.69) is 26.2 Å². The summed E-state index contributed by atoms with van der Waals surface area (Å²) in [6.07, 6.45) is 0. The van der Waals surface area contributed by atoms with E-state index in [0.717, 1.165) is 6.07 Å². The van der Waals surface area contributed by atoms with E-state index in [0.29, 0.717) is 10.2 Å². The first-order valence-electron chi connectivity index (χ1n) is 6.76. The summed E-state index contributed by atoms with van der Waals surface area (Å²) in [6, 6.07) is 14.4. The summed E-state index contributed by atoms with van der Waals surface area (Å²) in [4.78, 5) is -0.336. The monoisotopic (exact) mass is 406 g/mol. The molecule has 0 atom stereocenters. The molecule has 0 radical (unpaired) electrons. The summed E-state index contributed by atoms with van der Waals surface area (Å²) < 4.78 is 33.4. The Balaban J connectivity index is 2.22. The molecule has 0 spiro atoms. The fraction of sp³-hybridized carbons (Fsp3) is 0. The number of azo groups is 1. The van der Waals surface area contributed by atoms with E-state index >= 15 is 0 Å². The maximum absolute atomic E-state index is 11.6. The van der Waals surface area contributed by atoms with E-state index in [-0.39, 0.29) is 27.1 Å². The van der Waals surface area contributed by atoms with Crippen LogP contribution in [-0.2, 0) is 10.1 Å². The zero-order valence-electron chi connectivity index (χ0n) is 12.1. The van der Waals surface area contributed by atoms with Crippen molar-refractivity contribution in [1.82, 2.24) is 0 Å². The van der Waals surface area contributed by atoms with Crippen LogP contribution in [0, 0.1) is 0 Å². The van der Waals surface area contributed by atoms with Crippen molar-refractivity contribution in [3.63, 3.8) is 0 Å². The predicted octanol–water partition coefficient (Wildman–Crippen LogP) is 4.97. The largest absolute Gasteiger partial charge is 0.505 e. The van der Waals surface area contributed by atoms with Gasteiger partial charge in [-0.2, -0.15) is 8.42 Å². The lowest BCUT2D eigenvalue weighted by atomic mass is 10.1. The average Bonchev–Trinajstić information content (AvgIpc) is 2.54. The van der Waals surface area contributed by atoms with Gasteiger partial charge in [0.2, 0.25) is 0 Å². The van der Waals surface area contributed by atoms with Crippen LogP contribution in [0.2, 0.25) is 0 Å². The van der Waals surface area contributed by atoms with E-state index < -0.39 is 10.1 Å². The number of hydrogen-bond donors (Lipinski definition) is 2. The minimum atomic E-state index is -4.48. The zero-order valence-corrected chi connectivity index (χ0v) is 14.5. The molecule has 2 N–H and O–H groups in total. The number of phenolic OH excluding ortho intramolecular Hbond substituents is 1. The normalized spacial score (nSPS) is 12.1. The molecule has 0 amide bonds. The first kappa shape index (κ1) is 16.6. The third-order valence-corrected chi connectivity index (χ3v) is 4.92. The maximum Gasteiger partial charge on any atom is 0.295 e. The van der Waals surface area contributed by atoms with Crippen molar-refractivity contribution in [2.75, 3.05) is 0 Å². The highest BCUT2D eigenvalue weighted by atomic mass is 79.9. The van der Waals surface area contributed by atoms with Gasteiger partial charge in [0.05, 0.1) is 5.69 Å². The first-order chi connectivity index (χ1) is 11.4. The van der Waals surface area contributed by atoms with Gasteiger partial charge in [-0.25, -0.2) is 0 Å². The summed E-state index contributed by atoms with van der Waals surface area (Å²) in [5, 5.41) is 18.7. The van der Waals surface area contributed by atoms with Crippen LogP contribution in [0.3, 0.4) is 0 Å². The highest BCUT2D eigenvalue weighted by molar-refractivity contribution is 9.10. The summed E-state index contributed by atoms with van der Waals surface area (Å²) in [5.74, 6) is -0.214. The molecule has 0 bridgehead atoms. The van der Waals surface area contributed by atoms with E-state index in [1.165, 1.54) is 12.1 Å². The first-order valence-corrected chi connectivity index (χ1v) is 8.99. The second-order valence-corrected chi connectivity index (χ2v) is 7.16. The van der Waals surface area contributed by atoms with Crippen LogP contribution in [0.1, 0.15) is 0 Å². The van der Waals surface area contributed by atoms with E-state index in [1.807, 2.05) is 6.07 Å². The van der Waals surface area contributed by atoms with Gasteiger partial charge in [-0.1, -0.05) is 36.4 Å². The smallest absolute Gasteiger partial charge is 0.295 e. The molecule has 6 nitrogen and oxygen atoms in total. The zero-order chi connectivity index (χ0) is 17.3. The van der Waals surface area contributed by atoms with Gasteiger partial charge in [-0.3, -0.25) is 4.55 Å². The number of aromatic hydroxyl groups is 1. The van der Waals surface area contributed by atoms with Gasteiger partial charge >= 0.3 is 0 Å². The van der Waals surface area contributed by atoms with Crippen molar-refractivity contribution >= 4 is 48.2 Å². The highest BCUT2D eigenvalue weighted by Crippen LogP contribution is 2.39. The van der Waals surface area contributed by atoms with Crippen molar-refractivity contribution in [2.24, 2.45) is 10.2 Å². The molecule has 0 aliphatic heterocycles. The Labute approximate surface area is 146 Å². The molecular weight excluding hydrogens is 396 g/mol. The molecule has 8 heteroatoms.